The second kappa shape index (κ2) is 13.4. The van der Waals surface area contributed by atoms with Crippen molar-refractivity contribution in [3.63, 3.8) is 0 Å². The Morgan fingerprint density at radius 3 is 2.25 bits per heavy atom. The van der Waals surface area contributed by atoms with E-state index in [9.17, 15) is 22.8 Å². The number of carbonyl (C=O) groups excluding carboxylic acids is 1. The second-order valence-corrected chi connectivity index (χ2v) is 10.4. The summed E-state index contributed by atoms with van der Waals surface area (Å²) in [7, 11) is -4.21. The lowest BCUT2D eigenvalue weighted by atomic mass is 10.0. The molecule has 7 nitrogen and oxygen atoms in total. The van der Waals surface area contributed by atoms with Gasteiger partial charge in [0.25, 0.3) is 5.91 Å². The molecule has 3 aromatic rings. The molecule has 0 aliphatic carbocycles. The summed E-state index contributed by atoms with van der Waals surface area (Å²) in [6.07, 6.45) is 0.973. The summed E-state index contributed by atoms with van der Waals surface area (Å²) in [6.45, 7) is -0.240. The minimum atomic E-state index is -4.21. The van der Waals surface area contributed by atoms with Crippen LogP contribution in [-0.4, -0.2) is 43.2 Å². The molecule has 2 N–H and O–H groups in total. The highest BCUT2D eigenvalue weighted by Gasteiger charge is 2.36. The highest BCUT2D eigenvalue weighted by Crippen LogP contribution is 2.26. The van der Waals surface area contributed by atoms with Crippen molar-refractivity contribution >= 4 is 27.5 Å². The van der Waals surface area contributed by atoms with Gasteiger partial charge >= 0.3 is 0 Å². The lowest BCUT2D eigenvalue weighted by molar-refractivity contribution is -0.133. The van der Waals surface area contributed by atoms with Crippen molar-refractivity contribution in [3.05, 3.63) is 95.0 Å². The number of halogens is 2. The van der Waals surface area contributed by atoms with Gasteiger partial charge < -0.3 is 4.74 Å². The molecule has 0 aliphatic rings. The molecular formula is C26H28ClFN2O5S. The summed E-state index contributed by atoms with van der Waals surface area (Å²) in [5.74, 6) is -0.407. The van der Waals surface area contributed by atoms with Gasteiger partial charge in [-0.15, -0.1) is 0 Å². The molecule has 0 aliphatic heterocycles. The van der Waals surface area contributed by atoms with Gasteiger partial charge in [0.2, 0.25) is 10.0 Å². The molecule has 1 atom stereocenters. The lowest BCUT2D eigenvalue weighted by Gasteiger charge is -2.30. The Morgan fingerprint density at radius 2 is 1.64 bits per heavy atom. The summed E-state index contributed by atoms with van der Waals surface area (Å²) < 4.78 is 46.5. The van der Waals surface area contributed by atoms with E-state index in [4.69, 9.17) is 16.3 Å². The third kappa shape index (κ3) is 7.51. The van der Waals surface area contributed by atoms with Crippen LogP contribution in [0.25, 0.3) is 0 Å². The fraction of sp³-hybridized carbons (Fsp3) is 0.269. The standard InChI is InChI=1S/C26H28ClFN2O5S/c27-22-10-8-21(9-11-22)19-30(25(26(31)29-32)18-20-6-2-1-3-7-20)36(33,34)24-14-12-23(13-15-24)35-17-5-4-16-28/h1-3,6-15,25,32H,4-5,16-19H2,(H,29,31). The van der Waals surface area contributed by atoms with Crippen LogP contribution >= 0.6 is 11.6 Å². The maximum atomic E-state index is 13.8. The van der Waals surface area contributed by atoms with Gasteiger partial charge in [-0.3, -0.25) is 14.4 Å². The van der Waals surface area contributed by atoms with E-state index in [0.29, 0.717) is 35.8 Å². The molecule has 0 saturated carbocycles. The fourth-order valence-corrected chi connectivity index (χ4v) is 5.30. The van der Waals surface area contributed by atoms with Crippen molar-refractivity contribution in [1.82, 2.24) is 9.79 Å². The highest BCUT2D eigenvalue weighted by molar-refractivity contribution is 7.89. The Labute approximate surface area is 215 Å². The van der Waals surface area contributed by atoms with Crippen molar-refractivity contribution in [2.45, 2.75) is 36.7 Å². The van der Waals surface area contributed by atoms with Crippen LogP contribution in [0.15, 0.2) is 83.8 Å². The number of amides is 1. The summed E-state index contributed by atoms with van der Waals surface area (Å²) >= 11 is 5.99. The number of hydroxylamine groups is 1. The Hall–Kier alpha value is -2.98. The summed E-state index contributed by atoms with van der Waals surface area (Å²) in [5.41, 5.74) is 2.95. The number of rotatable bonds is 13. The van der Waals surface area contributed by atoms with Gasteiger partial charge in [-0.05, 0) is 66.8 Å². The molecule has 1 amide bonds. The first kappa shape index (κ1) is 27.6. The van der Waals surface area contributed by atoms with Gasteiger partial charge in [0.15, 0.2) is 0 Å². The van der Waals surface area contributed by atoms with Crippen LogP contribution in [0.5, 0.6) is 5.75 Å². The molecule has 0 radical (unpaired) electrons. The second-order valence-electron chi connectivity index (χ2n) is 8.07. The SMILES string of the molecule is O=C(NO)C(Cc1ccccc1)N(Cc1ccc(Cl)cc1)S(=O)(=O)c1ccc(OCCCCF)cc1. The van der Waals surface area contributed by atoms with E-state index in [1.807, 2.05) is 6.07 Å². The van der Waals surface area contributed by atoms with Gasteiger partial charge in [-0.2, -0.15) is 4.31 Å². The third-order valence-corrected chi connectivity index (χ3v) is 7.63. The normalized spacial score (nSPS) is 12.3. The molecule has 0 fully saturated rings. The van der Waals surface area contributed by atoms with E-state index >= 15 is 0 Å². The summed E-state index contributed by atoms with van der Waals surface area (Å²) in [4.78, 5) is 12.7. The first-order valence-electron chi connectivity index (χ1n) is 11.4. The van der Waals surface area contributed by atoms with Crippen molar-refractivity contribution < 1.29 is 27.5 Å². The molecule has 1 unspecified atom stereocenters. The third-order valence-electron chi connectivity index (χ3n) is 5.51. The molecular weight excluding hydrogens is 507 g/mol. The maximum absolute atomic E-state index is 13.8. The van der Waals surface area contributed by atoms with Crippen LogP contribution in [0.1, 0.15) is 24.0 Å². The molecule has 10 heteroatoms. The summed E-state index contributed by atoms with van der Waals surface area (Å²) in [6, 6.07) is 20.1. The molecule has 0 aromatic heterocycles. The van der Waals surface area contributed by atoms with Gasteiger partial charge in [-0.25, -0.2) is 13.9 Å². The molecule has 0 bridgehead atoms. The predicted molar refractivity (Wildman–Crippen MR) is 135 cm³/mol. The average Bonchev–Trinajstić information content (AvgIpc) is 2.90. The van der Waals surface area contributed by atoms with Crippen molar-refractivity contribution in [1.29, 1.82) is 0 Å². The largest absolute Gasteiger partial charge is 0.494 e. The van der Waals surface area contributed by atoms with E-state index in [2.05, 4.69) is 0 Å². The van der Waals surface area contributed by atoms with Gasteiger partial charge in [-0.1, -0.05) is 54.1 Å². The Bertz CT molecular complexity index is 1210. The molecule has 0 spiro atoms. The number of sulfonamides is 1. The highest BCUT2D eigenvalue weighted by atomic mass is 35.5. The molecule has 3 aromatic carbocycles. The van der Waals surface area contributed by atoms with Crippen molar-refractivity contribution in [3.8, 4) is 5.75 Å². The van der Waals surface area contributed by atoms with Crippen LogP contribution in [-0.2, 0) is 27.8 Å². The quantitative estimate of drug-likeness (QED) is 0.187. The number of carbonyl (C=O) groups is 1. The average molecular weight is 535 g/mol. The minimum absolute atomic E-state index is 0.0375. The number of alkyl halides is 1. The van der Waals surface area contributed by atoms with Crippen LogP contribution < -0.4 is 10.2 Å². The first-order valence-corrected chi connectivity index (χ1v) is 13.2. The number of nitrogens with one attached hydrogen (secondary N) is 1. The minimum Gasteiger partial charge on any atom is -0.494 e. The monoisotopic (exact) mass is 534 g/mol. The Morgan fingerprint density at radius 1 is 0.972 bits per heavy atom. The molecule has 192 valence electrons. The van der Waals surface area contributed by atoms with E-state index in [-0.39, 0.29) is 17.9 Å². The topological polar surface area (TPSA) is 95.9 Å². The number of nitrogens with zero attached hydrogens (tertiary/aromatic N) is 1. The number of hydrogen-bond acceptors (Lipinski definition) is 5. The summed E-state index contributed by atoms with van der Waals surface area (Å²) in [5, 5.41) is 9.94. The molecule has 0 heterocycles. The van der Waals surface area contributed by atoms with E-state index in [1.54, 1.807) is 54.0 Å². The van der Waals surface area contributed by atoms with Gasteiger partial charge in [0.1, 0.15) is 11.8 Å². The molecule has 3 rings (SSSR count). The fourth-order valence-electron chi connectivity index (χ4n) is 3.60. The smallest absolute Gasteiger partial charge is 0.262 e. The van der Waals surface area contributed by atoms with Crippen molar-refractivity contribution in [2.24, 2.45) is 0 Å². The Kier molecular flexibility index (Phi) is 10.2. The van der Waals surface area contributed by atoms with Crippen LogP contribution in [0.4, 0.5) is 4.39 Å². The number of unbranched alkanes of at least 4 members (excludes halogenated alkanes) is 1. The van der Waals surface area contributed by atoms with Crippen LogP contribution in [0.3, 0.4) is 0 Å². The van der Waals surface area contributed by atoms with Gasteiger partial charge in [0.05, 0.1) is 18.2 Å². The van der Waals surface area contributed by atoms with E-state index in [0.717, 1.165) is 9.87 Å². The van der Waals surface area contributed by atoms with E-state index < -0.39 is 28.6 Å². The molecule has 0 saturated heterocycles. The van der Waals surface area contributed by atoms with Crippen LogP contribution in [0, 0.1) is 0 Å². The predicted octanol–water partition coefficient (Wildman–Crippen LogP) is 4.78. The number of hydrogen-bond donors (Lipinski definition) is 2. The van der Waals surface area contributed by atoms with Crippen molar-refractivity contribution in [2.75, 3.05) is 13.3 Å². The number of benzene rings is 3. The first-order chi connectivity index (χ1) is 17.3. The zero-order valence-corrected chi connectivity index (χ0v) is 21.1. The Balaban J connectivity index is 1.96. The van der Waals surface area contributed by atoms with E-state index in [1.165, 1.54) is 24.3 Å². The lowest BCUT2D eigenvalue weighted by Crippen LogP contribution is -2.49. The van der Waals surface area contributed by atoms with Gasteiger partial charge in [0, 0.05) is 11.6 Å². The number of ether oxygens (including phenoxy) is 1. The molecule has 36 heavy (non-hydrogen) atoms. The maximum Gasteiger partial charge on any atom is 0.262 e. The van der Waals surface area contributed by atoms with Crippen LogP contribution in [0.2, 0.25) is 5.02 Å². The zero-order chi connectivity index (χ0) is 26.0. The zero-order valence-electron chi connectivity index (χ0n) is 19.5.